The van der Waals surface area contributed by atoms with E-state index in [1.165, 1.54) is 4.90 Å². The van der Waals surface area contributed by atoms with Crippen LogP contribution in [0.4, 0.5) is 13.2 Å². The standard InChI is InChI=1S/C9H17F3N4/c1-2-14-8(13)16-5-3-15(4-6-16)7-9(10,11)12/h2-7H2,1H3,(H2,13,14). The zero-order chi connectivity index (χ0) is 12.2. The number of halogens is 3. The Morgan fingerprint density at radius 3 is 2.25 bits per heavy atom. The topological polar surface area (TPSA) is 44.9 Å². The maximum atomic E-state index is 12.1. The summed E-state index contributed by atoms with van der Waals surface area (Å²) in [4.78, 5) is 7.23. The normalized spacial score (nSPS) is 20.2. The zero-order valence-electron chi connectivity index (χ0n) is 9.30. The fourth-order valence-electron chi connectivity index (χ4n) is 1.65. The first kappa shape index (κ1) is 13.1. The lowest BCUT2D eigenvalue weighted by Crippen LogP contribution is -2.52. The number of hydrogen-bond acceptors (Lipinski definition) is 2. The van der Waals surface area contributed by atoms with E-state index in [4.69, 9.17) is 5.73 Å². The van der Waals surface area contributed by atoms with Gasteiger partial charge in [-0.05, 0) is 6.92 Å². The van der Waals surface area contributed by atoms with Gasteiger partial charge in [-0.15, -0.1) is 0 Å². The van der Waals surface area contributed by atoms with Gasteiger partial charge in [-0.2, -0.15) is 13.2 Å². The molecular formula is C9H17F3N4. The van der Waals surface area contributed by atoms with E-state index in [1.807, 2.05) is 11.8 Å². The summed E-state index contributed by atoms with van der Waals surface area (Å²) < 4.78 is 36.3. The van der Waals surface area contributed by atoms with Gasteiger partial charge in [0.05, 0.1) is 6.54 Å². The third kappa shape index (κ3) is 4.26. The molecule has 0 aromatic rings. The fraction of sp³-hybridized carbons (Fsp3) is 0.889. The summed E-state index contributed by atoms with van der Waals surface area (Å²) in [6.45, 7) is 3.38. The van der Waals surface area contributed by atoms with Crippen LogP contribution in [0, 0.1) is 0 Å². The van der Waals surface area contributed by atoms with Crippen LogP contribution in [0.15, 0.2) is 4.99 Å². The molecule has 2 N–H and O–H groups in total. The van der Waals surface area contributed by atoms with Gasteiger partial charge in [-0.25, -0.2) is 0 Å². The molecule has 1 aliphatic rings. The van der Waals surface area contributed by atoms with Gasteiger partial charge < -0.3 is 10.6 Å². The number of rotatable bonds is 2. The van der Waals surface area contributed by atoms with Crippen molar-refractivity contribution >= 4 is 5.96 Å². The predicted octanol–water partition coefficient (Wildman–Crippen LogP) is 0.501. The molecular weight excluding hydrogens is 221 g/mol. The van der Waals surface area contributed by atoms with E-state index in [1.54, 1.807) is 0 Å². The van der Waals surface area contributed by atoms with E-state index in [-0.39, 0.29) is 0 Å². The molecule has 0 radical (unpaired) electrons. The third-order valence-corrected chi connectivity index (χ3v) is 2.42. The SMILES string of the molecule is CCN=C(N)N1CCN(CC(F)(F)F)CC1. The first-order valence-electron chi connectivity index (χ1n) is 5.26. The zero-order valence-corrected chi connectivity index (χ0v) is 9.30. The summed E-state index contributed by atoms with van der Waals surface area (Å²) >= 11 is 0. The number of nitrogens with zero attached hydrogens (tertiary/aromatic N) is 3. The molecule has 0 aromatic heterocycles. The molecule has 0 aliphatic carbocycles. The van der Waals surface area contributed by atoms with Crippen molar-refractivity contribution in [2.24, 2.45) is 10.7 Å². The minimum atomic E-state index is -4.12. The molecule has 1 fully saturated rings. The van der Waals surface area contributed by atoms with Gasteiger partial charge in [0, 0.05) is 32.7 Å². The van der Waals surface area contributed by atoms with Gasteiger partial charge in [0.2, 0.25) is 0 Å². The lowest BCUT2D eigenvalue weighted by Gasteiger charge is -2.35. The molecule has 0 aromatic carbocycles. The Kier molecular flexibility index (Phi) is 4.40. The Bertz CT molecular complexity index is 244. The van der Waals surface area contributed by atoms with Crippen molar-refractivity contribution in [2.75, 3.05) is 39.3 Å². The summed E-state index contributed by atoms with van der Waals surface area (Å²) in [6.07, 6.45) is -4.12. The predicted molar refractivity (Wildman–Crippen MR) is 56.2 cm³/mol. The Morgan fingerprint density at radius 1 is 1.25 bits per heavy atom. The summed E-state index contributed by atoms with van der Waals surface area (Å²) in [5.74, 6) is 0.425. The van der Waals surface area contributed by atoms with Gasteiger partial charge in [0.25, 0.3) is 0 Å². The molecule has 0 amide bonds. The van der Waals surface area contributed by atoms with E-state index in [9.17, 15) is 13.2 Å². The minimum absolute atomic E-state index is 0.374. The molecule has 1 heterocycles. The molecule has 0 saturated carbocycles. The van der Waals surface area contributed by atoms with Crippen molar-refractivity contribution in [2.45, 2.75) is 13.1 Å². The molecule has 4 nitrogen and oxygen atoms in total. The highest BCUT2D eigenvalue weighted by molar-refractivity contribution is 5.78. The highest BCUT2D eigenvalue weighted by Gasteiger charge is 2.32. The monoisotopic (exact) mass is 238 g/mol. The number of alkyl halides is 3. The largest absolute Gasteiger partial charge is 0.401 e. The number of nitrogens with two attached hydrogens (primary N) is 1. The number of piperazine rings is 1. The minimum Gasteiger partial charge on any atom is -0.370 e. The van der Waals surface area contributed by atoms with Crippen LogP contribution in [0.5, 0.6) is 0 Å². The first-order chi connectivity index (χ1) is 7.42. The molecule has 0 atom stereocenters. The fourth-order valence-corrected chi connectivity index (χ4v) is 1.65. The quantitative estimate of drug-likeness (QED) is 0.563. The van der Waals surface area contributed by atoms with Crippen LogP contribution in [0.2, 0.25) is 0 Å². The van der Waals surface area contributed by atoms with Crippen LogP contribution in [-0.2, 0) is 0 Å². The first-order valence-corrected chi connectivity index (χ1v) is 5.26. The molecule has 1 saturated heterocycles. The average Bonchev–Trinajstić information content (AvgIpc) is 2.16. The van der Waals surface area contributed by atoms with Gasteiger partial charge in [-0.1, -0.05) is 0 Å². The van der Waals surface area contributed by atoms with E-state index >= 15 is 0 Å². The van der Waals surface area contributed by atoms with Crippen LogP contribution in [-0.4, -0.2) is 61.2 Å². The van der Waals surface area contributed by atoms with E-state index in [2.05, 4.69) is 4.99 Å². The molecule has 1 aliphatic heterocycles. The highest BCUT2D eigenvalue weighted by Crippen LogP contribution is 2.17. The lowest BCUT2D eigenvalue weighted by atomic mass is 10.3. The van der Waals surface area contributed by atoms with Crippen molar-refractivity contribution in [1.29, 1.82) is 0 Å². The maximum Gasteiger partial charge on any atom is 0.401 e. The molecule has 0 bridgehead atoms. The van der Waals surface area contributed by atoms with Crippen LogP contribution in [0.3, 0.4) is 0 Å². The number of hydrogen-bond donors (Lipinski definition) is 1. The molecule has 1 rings (SSSR count). The van der Waals surface area contributed by atoms with Crippen LogP contribution in [0.1, 0.15) is 6.92 Å². The van der Waals surface area contributed by atoms with Gasteiger partial charge in [0.1, 0.15) is 0 Å². The lowest BCUT2D eigenvalue weighted by molar-refractivity contribution is -0.148. The van der Waals surface area contributed by atoms with Crippen molar-refractivity contribution in [1.82, 2.24) is 9.80 Å². The Morgan fingerprint density at radius 2 is 1.81 bits per heavy atom. The number of aliphatic imine (C=N–C) groups is 1. The van der Waals surface area contributed by atoms with Crippen LogP contribution < -0.4 is 5.73 Å². The molecule has 94 valence electrons. The van der Waals surface area contributed by atoms with Crippen LogP contribution in [0.25, 0.3) is 0 Å². The van der Waals surface area contributed by atoms with Crippen molar-refractivity contribution in [3.8, 4) is 0 Å². The third-order valence-electron chi connectivity index (χ3n) is 2.42. The maximum absolute atomic E-state index is 12.1. The second-order valence-electron chi connectivity index (χ2n) is 3.71. The summed E-state index contributed by atoms with van der Waals surface area (Å²) in [6, 6.07) is 0. The van der Waals surface area contributed by atoms with Crippen molar-refractivity contribution in [3.63, 3.8) is 0 Å². The van der Waals surface area contributed by atoms with E-state index in [0.717, 1.165) is 0 Å². The summed E-state index contributed by atoms with van der Waals surface area (Å²) in [5, 5.41) is 0. The molecule has 0 unspecified atom stereocenters. The van der Waals surface area contributed by atoms with Crippen LogP contribution >= 0.6 is 0 Å². The summed E-state index contributed by atoms with van der Waals surface area (Å²) in [5.41, 5.74) is 5.67. The Labute approximate surface area is 92.9 Å². The molecule has 16 heavy (non-hydrogen) atoms. The second-order valence-corrected chi connectivity index (χ2v) is 3.71. The second kappa shape index (κ2) is 5.38. The highest BCUT2D eigenvalue weighted by atomic mass is 19.4. The van der Waals surface area contributed by atoms with Gasteiger partial charge in [-0.3, -0.25) is 9.89 Å². The van der Waals surface area contributed by atoms with Crippen molar-refractivity contribution in [3.05, 3.63) is 0 Å². The average molecular weight is 238 g/mol. The smallest absolute Gasteiger partial charge is 0.370 e. The van der Waals surface area contributed by atoms with Gasteiger partial charge in [0.15, 0.2) is 5.96 Å². The van der Waals surface area contributed by atoms with Gasteiger partial charge >= 0.3 is 6.18 Å². The molecule has 0 spiro atoms. The Balaban J connectivity index is 2.37. The van der Waals surface area contributed by atoms with E-state index < -0.39 is 12.7 Å². The van der Waals surface area contributed by atoms with Crippen molar-refractivity contribution < 1.29 is 13.2 Å². The summed E-state index contributed by atoms with van der Waals surface area (Å²) in [7, 11) is 0. The molecule has 7 heteroatoms. The Hall–Kier alpha value is -0.980. The van der Waals surface area contributed by atoms with E-state index in [0.29, 0.717) is 38.7 Å². The number of guanidine groups is 1.